The van der Waals surface area contributed by atoms with Gasteiger partial charge in [0, 0.05) is 35.5 Å². The minimum absolute atomic E-state index is 0.000607. The van der Waals surface area contributed by atoms with Gasteiger partial charge in [0.15, 0.2) is 17.0 Å². The SMILES string of the molecule is CCCCCCCC(=O)O[C@@]12[C@H](OC(=O)c3ccccc3)[C@@H](C)[C@]3(O)[C@@H]4C=C(C)C(=O)[C@@]4(O)[C@H](O)C(CO)=C[C@H]3[C@@H]1C2(C)C. The Bertz CT molecular complexity index is 1370. The summed E-state index contributed by atoms with van der Waals surface area (Å²) in [4.78, 5) is 40.4. The zero-order valence-electron chi connectivity index (χ0n) is 26.3. The van der Waals surface area contributed by atoms with Gasteiger partial charge in [-0.05, 0) is 36.6 Å². The van der Waals surface area contributed by atoms with Gasteiger partial charge in [0.05, 0.1) is 17.8 Å². The number of hydrogen-bond donors (Lipinski definition) is 4. The van der Waals surface area contributed by atoms with Gasteiger partial charge in [0.25, 0.3) is 0 Å². The first-order valence-electron chi connectivity index (χ1n) is 15.9. The number of ether oxygens (including phenoxy) is 2. The maximum absolute atomic E-state index is 13.6. The fourth-order valence-corrected chi connectivity index (χ4v) is 8.71. The standard InChI is InChI=1S/C35H46O9/c1-6-7-8-9-13-16-26(37)44-35-27(32(35,4)5)24-18-23(19-36)29(39)34(42)25(17-20(2)28(34)38)33(24,41)21(3)30(35)43-31(40)22-14-11-10-12-15-22/h10-12,14-15,17-18,21,24-25,27,29-30,36,39,41-42H,6-9,13,16,19H2,1-5H3/t21-,24+,25+,27-,29-,30-,33-,34-,35-/m1/s1. The number of aliphatic hydroxyl groups excluding tert-OH is 2. The summed E-state index contributed by atoms with van der Waals surface area (Å²) in [6.07, 6.45) is 4.97. The lowest BCUT2D eigenvalue weighted by atomic mass is 9.58. The van der Waals surface area contributed by atoms with Gasteiger partial charge in [0.2, 0.25) is 0 Å². The molecule has 4 N–H and O–H groups in total. The van der Waals surface area contributed by atoms with Crippen LogP contribution in [-0.2, 0) is 19.1 Å². The van der Waals surface area contributed by atoms with E-state index >= 15 is 0 Å². The Kier molecular flexibility index (Phi) is 8.51. The van der Waals surface area contributed by atoms with E-state index in [1.54, 1.807) is 37.3 Å². The summed E-state index contributed by atoms with van der Waals surface area (Å²) in [5, 5.41) is 46.4. The molecule has 1 aromatic carbocycles. The van der Waals surface area contributed by atoms with Gasteiger partial charge < -0.3 is 29.9 Å². The maximum atomic E-state index is 13.6. The van der Waals surface area contributed by atoms with Crippen LogP contribution in [0.15, 0.2) is 53.6 Å². The van der Waals surface area contributed by atoms with Crippen molar-refractivity contribution in [3.05, 3.63) is 59.2 Å². The van der Waals surface area contributed by atoms with Gasteiger partial charge in [-0.2, -0.15) is 0 Å². The van der Waals surface area contributed by atoms with Crippen molar-refractivity contribution in [2.75, 3.05) is 6.61 Å². The van der Waals surface area contributed by atoms with E-state index < -0.39 is 82.4 Å². The van der Waals surface area contributed by atoms with Gasteiger partial charge in [-0.15, -0.1) is 0 Å². The molecule has 2 saturated carbocycles. The predicted octanol–water partition coefficient (Wildman–Crippen LogP) is 3.68. The number of carbonyl (C=O) groups excluding carboxylic acids is 3. The number of esters is 2. The molecule has 0 amide bonds. The normalized spacial score (nSPS) is 38.3. The fourth-order valence-electron chi connectivity index (χ4n) is 8.71. The van der Waals surface area contributed by atoms with Crippen LogP contribution < -0.4 is 0 Å². The van der Waals surface area contributed by atoms with Crippen LogP contribution in [-0.4, -0.2) is 73.8 Å². The van der Waals surface area contributed by atoms with Crippen molar-refractivity contribution in [2.24, 2.45) is 29.1 Å². The first kappa shape index (κ1) is 32.5. The fraction of sp³-hybridized carbons (Fsp3) is 0.629. The second kappa shape index (κ2) is 11.5. The highest BCUT2D eigenvalue weighted by Gasteiger charge is 2.88. The molecular formula is C35H46O9. The number of hydrogen-bond acceptors (Lipinski definition) is 9. The summed E-state index contributed by atoms with van der Waals surface area (Å²) in [5.74, 6) is -5.61. The molecule has 0 unspecified atom stereocenters. The molecular weight excluding hydrogens is 564 g/mol. The Labute approximate surface area is 259 Å². The molecule has 9 atom stereocenters. The second-order valence-corrected chi connectivity index (χ2v) is 13.8. The monoisotopic (exact) mass is 610 g/mol. The molecule has 0 spiro atoms. The molecule has 0 heterocycles. The van der Waals surface area contributed by atoms with E-state index in [9.17, 15) is 34.8 Å². The molecule has 240 valence electrons. The average molecular weight is 611 g/mol. The lowest BCUT2D eigenvalue weighted by Crippen LogP contribution is -2.67. The highest BCUT2D eigenvalue weighted by Crippen LogP contribution is 2.77. The van der Waals surface area contributed by atoms with E-state index in [1.165, 1.54) is 19.1 Å². The van der Waals surface area contributed by atoms with Crippen LogP contribution in [0.3, 0.4) is 0 Å². The van der Waals surface area contributed by atoms with Crippen LogP contribution in [0.5, 0.6) is 0 Å². The Morgan fingerprint density at radius 2 is 1.66 bits per heavy atom. The number of ketones is 1. The molecule has 0 aliphatic heterocycles. The molecule has 44 heavy (non-hydrogen) atoms. The molecule has 0 bridgehead atoms. The van der Waals surface area contributed by atoms with Gasteiger partial charge in [-0.25, -0.2) is 4.79 Å². The van der Waals surface area contributed by atoms with E-state index in [0.29, 0.717) is 6.42 Å². The molecule has 2 fully saturated rings. The lowest BCUT2D eigenvalue weighted by Gasteiger charge is -2.53. The highest BCUT2D eigenvalue weighted by molar-refractivity contribution is 6.05. The molecule has 9 nitrogen and oxygen atoms in total. The molecule has 0 saturated heterocycles. The third-order valence-corrected chi connectivity index (χ3v) is 11.1. The Morgan fingerprint density at radius 1 is 1.00 bits per heavy atom. The highest BCUT2D eigenvalue weighted by atomic mass is 16.6. The van der Waals surface area contributed by atoms with Crippen LogP contribution in [0, 0.1) is 29.1 Å². The summed E-state index contributed by atoms with van der Waals surface area (Å²) in [7, 11) is 0. The Balaban J connectivity index is 1.62. The van der Waals surface area contributed by atoms with Gasteiger partial charge in [-0.1, -0.05) is 83.7 Å². The molecule has 0 radical (unpaired) electrons. The van der Waals surface area contributed by atoms with E-state index in [1.807, 2.05) is 13.8 Å². The summed E-state index contributed by atoms with van der Waals surface area (Å²) in [6, 6.07) is 8.39. The Hall–Kier alpha value is -2.85. The first-order chi connectivity index (χ1) is 20.7. The number of aliphatic hydroxyl groups is 4. The average Bonchev–Trinajstić information content (AvgIpc) is 3.40. The van der Waals surface area contributed by atoms with Crippen LogP contribution in [0.25, 0.3) is 0 Å². The first-order valence-corrected chi connectivity index (χ1v) is 15.9. The smallest absolute Gasteiger partial charge is 0.338 e. The third kappa shape index (κ3) is 4.53. The van der Waals surface area contributed by atoms with Crippen molar-refractivity contribution in [2.45, 2.75) is 102 Å². The minimum Gasteiger partial charge on any atom is -0.454 e. The number of rotatable bonds is 10. The molecule has 1 aromatic rings. The van der Waals surface area contributed by atoms with E-state index in [-0.39, 0.29) is 23.1 Å². The summed E-state index contributed by atoms with van der Waals surface area (Å²) < 4.78 is 12.6. The number of unbranched alkanes of at least 4 members (excludes halogenated alkanes) is 4. The maximum Gasteiger partial charge on any atom is 0.338 e. The Morgan fingerprint density at radius 3 is 2.30 bits per heavy atom. The van der Waals surface area contributed by atoms with Gasteiger partial charge in [-0.3, -0.25) is 9.59 Å². The molecule has 0 aromatic heterocycles. The van der Waals surface area contributed by atoms with Crippen LogP contribution in [0.2, 0.25) is 0 Å². The van der Waals surface area contributed by atoms with Crippen LogP contribution in [0.1, 0.15) is 83.5 Å². The zero-order valence-corrected chi connectivity index (χ0v) is 26.3. The summed E-state index contributed by atoms with van der Waals surface area (Å²) >= 11 is 0. The number of fused-ring (bicyclic) bond motifs is 5. The summed E-state index contributed by atoms with van der Waals surface area (Å²) in [5.41, 5.74) is -6.10. The topological polar surface area (TPSA) is 151 Å². The van der Waals surface area contributed by atoms with E-state index in [2.05, 4.69) is 6.92 Å². The van der Waals surface area contributed by atoms with Crippen molar-refractivity contribution in [1.82, 2.24) is 0 Å². The molecule has 4 aliphatic carbocycles. The van der Waals surface area contributed by atoms with E-state index in [0.717, 1.165) is 25.7 Å². The molecule has 5 rings (SSSR count). The minimum atomic E-state index is -2.45. The van der Waals surface area contributed by atoms with Crippen LogP contribution >= 0.6 is 0 Å². The second-order valence-electron chi connectivity index (χ2n) is 13.8. The van der Waals surface area contributed by atoms with Crippen molar-refractivity contribution in [3.63, 3.8) is 0 Å². The van der Waals surface area contributed by atoms with Crippen LogP contribution in [0.4, 0.5) is 0 Å². The number of carbonyl (C=O) groups is 3. The van der Waals surface area contributed by atoms with Crippen molar-refractivity contribution in [1.29, 1.82) is 0 Å². The molecule has 4 aliphatic rings. The van der Waals surface area contributed by atoms with Crippen molar-refractivity contribution >= 4 is 17.7 Å². The van der Waals surface area contributed by atoms with E-state index in [4.69, 9.17) is 9.47 Å². The molecule has 9 heteroatoms. The predicted molar refractivity (Wildman–Crippen MR) is 161 cm³/mol. The van der Waals surface area contributed by atoms with Gasteiger partial charge in [0.1, 0.15) is 12.2 Å². The quantitative estimate of drug-likeness (QED) is 0.177. The zero-order chi connectivity index (χ0) is 32.2. The third-order valence-electron chi connectivity index (χ3n) is 11.1. The largest absolute Gasteiger partial charge is 0.454 e. The number of Topliss-reactive ketones (excluding diaryl/α,β-unsaturated/α-hetero) is 1. The van der Waals surface area contributed by atoms with Crippen molar-refractivity contribution < 1.29 is 44.3 Å². The summed E-state index contributed by atoms with van der Waals surface area (Å²) in [6.45, 7) is 8.40. The van der Waals surface area contributed by atoms with Gasteiger partial charge >= 0.3 is 11.9 Å². The van der Waals surface area contributed by atoms with Crippen molar-refractivity contribution in [3.8, 4) is 0 Å². The number of benzene rings is 1. The lowest BCUT2D eigenvalue weighted by molar-refractivity contribution is -0.225.